The Morgan fingerprint density at radius 2 is 2.11 bits per heavy atom. The molecule has 1 amide bonds. The van der Waals surface area contributed by atoms with Crippen molar-refractivity contribution in [2.45, 2.75) is 32.2 Å². The average Bonchev–Trinajstić information content (AvgIpc) is 2.95. The number of benzene rings is 1. The topological polar surface area (TPSA) is 55.1 Å². The van der Waals surface area contributed by atoms with Crippen molar-refractivity contribution >= 4 is 23.2 Å². The predicted molar refractivity (Wildman–Crippen MR) is 77.1 cm³/mol. The smallest absolute Gasteiger partial charge is 0.229 e. The second-order valence-electron chi connectivity index (χ2n) is 5.84. The SMILES string of the molecule is Cc1c(Cl)cccc1NC(=O)C1C2CCC(C2)C1N. The number of anilines is 1. The lowest BCUT2D eigenvalue weighted by atomic mass is 9.84. The summed E-state index contributed by atoms with van der Waals surface area (Å²) in [6.45, 7) is 1.92. The van der Waals surface area contributed by atoms with Gasteiger partial charge in [0, 0.05) is 16.8 Å². The Hall–Kier alpha value is -1.06. The predicted octanol–water partition coefficient (Wildman–Crippen LogP) is 2.96. The van der Waals surface area contributed by atoms with Gasteiger partial charge in [-0.05, 0) is 55.7 Å². The van der Waals surface area contributed by atoms with Gasteiger partial charge in [0.15, 0.2) is 0 Å². The Kier molecular flexibility index (Phi) is 3.27. The first-order chi connectivity index (χ1) is 9.08. The minimum Gasteiger partial charge on any atom is -0.327 e. The molecule has 4 heteroatoms. The van der Waals surface area contributed by atoms with Gasteiger partial charge in [-0.25, -0.2) is 0 Å². The fraction of sp³-hybridized carbons (Fsp3) is 0.533. The summed E-state index contributed by atoms with van der Waals surface area (Å²) < 4.78 is 0. The highest BCUT2D eigenvalue weighted by Gasteiger charge is 2.49. The zero-order valence-electron chi connectivity index (χ0n) is 11.0. The molecule has 2 fully saturated rings. The molecule has 102 valence electrons. The highest BCUT2D eigenvalue weighted by molar-refractivity contribution is 6.31. The Labute approximate surface area is 118 Å². The molecule has 3 nitrogen and oxygen atoms in total. The van der Waals surface area contributed by atoms with E-state index in [-0.39, 0.29) is 17.9 Å². The number of hydrogen-bond acceptors (Lipinski definition) is 2. The van der Waals surface area contributed by atoms with Crippen molar-refractivity contribution in [1.82, 2.24) is 0 Å². The van der Waals surface area contributed by atoms with E-state index in [1.165, 1.54) is 6.42 Å². The molecule has 0 radical (unpaired) electrons. The van der Waals surface area contributed by atoms with E-state index in [1.54, 1.807) is 0 Å². The van der Waals surface area contributed by atoms with Crippen LogP contribution in [-0.2, 0) is 4.79 Å². The average molecular weight is 279 g/mol. The van der Waals surface area contributed by atoms with E-state index in [2.05, 4.69) is 5.32 Å². The summed E-state index contributed by atoms with van der Waals surface area (Å²) in [5, 5.41) is 3.68. The monoisotopic (exact) mass is 278 g/mol. The summed E-state index contributed by atoms with van der Waals surface area (Å²) in [6, 6.07) is 5.59. The van der Waals surface area contributed by atoms with E-state index in [4.69, 9.17) is 17.3 Å². The van der Waals surface area contributed by atoms with Crippen molar-refractivity contribution in [2.24, 2.45) is 23.5 Å². The molecule has 0 spiro atoms. The quantitative estimate of drug-likeness (QED) is 0.874. The van der Waals surface area contributed by atoms with Crippen molar-refractivity contribution in [3.05, 3.63) is 28.8 Å². The fourth-order valence-electron chi connectivity index (χ4n) is 3.68. The molecule has 2 saturated carbocycles. The first kappa shape index (κ1) is 12.9. The van der Waals surface area contributed by atoms with E-state index in [0.29, 0.717) is 16.9 Å². The number of rotatable bonds is 2. The van der Waals surface area contributed by atoms with Gasteiger partial charge in [-0.3, -0.25) is 4.79 Å². The van der Waals surface area contributed by atoms with Crippen LogP contribution in [0.1, 0.15) is 24.8 Å². The maximum absolute atomic E-state index is 12.4. The van der Waals surface area contributed by atoms with Crippen molar-refractivity contribution in [3.8, 4) is 0 Å². The van der Waals surface area contributed by atoms with Crippen LogP contribution in [0.5, 0.6) is 0 Å². The van der Waals surface area contributed by atoms with Crippen LogP contribution in [-0.4, -0.2) is 11.9 Å². The summed E-state index contributed by atoms with van der Waals surface area (Å²) >= 11 is 6.07. The highest BCUT2D eigenvalue weighted by Crippen LogP contribution is 2.48. The molecule has 19 heavy (non-hydrogen) atoms. The largest absolute Gasteiger partial charge is 0.327 e. The molecule has 3 rings (SSSR count). The van der Waals surface area contributed by atoms with Crippen LogP contribution < -0.4 is 11.1 Å². The zero-order chi connectivity index (χ0) is 13.6. The Balaban J connectivity index is 1.77. The number of carbonyl (C=O) groups is 1. The number of fused-ring (bicyclic) bond motifs is 2. The van der Waals surface area contributed by atoms with E-state index in [9.17, 15) is 4.79 Å². The molecule has 0 aliphatic heterocycles. The van der Waals surface area contributed by atoms with E-state index >= 15 is 0 Å². The second kappa shape index (κ2) is 4.80. The van der Waals surface area contributed by atoms with Gasteiger partial charge in [0.1, 0.15) is 0 Å². The van der Waals surface area contributed by atoms with Crippen LogP contribution in [0.4, 0.5) is 5.69 Å². The summed E-state index contributed by atoms with van der Waals surface area (Å²) in [6.07, 6.45) is 3.45. The minimum absolute atomic E-state index is 0.0261. The number of nitrogens with two attached hydrogens (primary N) is 1. The van der Waals surface area contributed by atoms with Gasteiger partial charge >= 0.3 is 0 Å². The molecule has 3 N–H and O–H groups in total. The molecule has 1 aromatic rings. The van der Waals surface area contributed by atoms with Crippen LogP contribution in [0, 0.1) is 24.7 Å². The normalized spacial score (nSPS) is 32.6. The van der Waals surface area contributed by atoms with Gasteiger partial charge in [0.2, 0.25) is 5.91 Å². The summed E-state index contributed by atoms with van der Waals surface area (Å²) in [5.41, 5.74) is 7.91. The zero-order valence-corrected chi connectivity index (χ0v) is 11.8. The molecule has 1 aromatic carbocycles. The highest BCUT2D eigenvalue weighted by atomic mass is 35.5. The van der Waals surface area contributed by atoms with Crippen molar-refractivity contribution < 1.29 is 4.79 Å². The third-order valence-electron chi connectivity index (χ3n) is 4.81. The Bertz CT molecular complexity index is 515. The van der Waals surface area contributed by atoms with Crippen LogP contribution in [0.25, 0.3) is 0 Å². The van der Waals surface area contributed by atoms with Crippen molar-refractivity contribution in [1.29, 1.82) is 0 Å². The van der Waals surface area contributed by atoms with Gasteiger partial charge in [-0.2, -0.15) is 0 Å². The molecule has 2 aliphatic carbocycles. The second-order valence-corrected chi connectivity index (χ2v) is 6.25. The fourth-order valence-corrected chi connectivity index (χ4v) is 3.86. The van der Waals surface area contributed by atoms with Gasteiger partial charge in [0.05, 0.1) is 5.92 Å². The van der Waals surface area contributed by atoms with Gasteiger partial charge in [0.25, 0.3) is 0 Å². The molecule has 0 heterocycles. The first-order valence-corrected chi connectivity index (χ1v) is 7.27. The van der Waals surface area contributed by atoms with E-state index in [0.717, 1.165) is 24.1 Å². The minimum atomic E-state index is -0.0304. The van der Waals surface area contributed by atoms with Crippen molar-refractivity contribution in [2.75, 3.05) is 5.32 Å². The molecule has 2 bridgehead atoms. The Morgan fingerprint density at radius 1 is 1.37 bits per heavy atom. The lowest BCUT2D eigenvalue weighted by molar-refractivity contribution is -0.121. The summed E-state index contributed by atoms with van der Waals surface area (Å²) in [7, 11) is 0. The standard InChI is InChI=1S/C15H19ClN2O/c1-8-11(16)3-2-4-12(8)18-15(19)13-9-5-6-10(7-9)14(13)17/h2-4,9-10,13-14H,5-7,17H2,1H3,(H,18,19). The molecule has 4 unspecified atom stereocenters. The number of halogens is 1. The van der Waals surface area contributed by atoms with E-state index < -0.39 is 0 Å². The third-order valence-corrected chi connectivity index (χ3v) is 5.22. The van der Waals surface area contributed by atoms with Gasteiger partial charge in [-0.1, -0.05) is 17.7 Å². The van der Waals surface area contributed by atoms with Crippen LogP contribution >= 0.6 is 11.6 Å². The van der Waals surface area contributed by atoms with Gasteiger partial charge in [-0.15, -0.1) is 0 Å². The van der Waals surface area contributed by atoms with Gasteiger partial charge < -0.3 is 11.1 Å². The lowest BCUT2D eigenvalue weighted by Crippen LogP contribution is -2.42. The van der Waals surface area contributed by atoms with E-state index in [1.807, 2.05) is 25.1 Å². The molecular weight excluding hydrogens is 260 g/mol. The third kappa shape index (κ3) is 2.15. The number of amides is 1. The first-order valence-electron chi connectivity index (χ1n) is 6.89. The summed E-state index contributed by atoms with van der Waals surface area (Å²) in [4.78, 5) is 12.4. The summed E-state index contributed by atoms with van der Waals surface area (Å²) in [5.74, 6) is 1.04. The maximum Gasteiger partial charge on any atom is 0.229 e. The molecule has 0 aromatic heterocycles. The number of hydrogen-bond donors (Lipinski definition) is 2. The maximum atomic E-state index is 12.4. The van der Waals surface area contributed by atoms with Crippen molar-refractivity contribution in [3.63, 3.8) is 0 Å². The molecule has 0 saturated heterocycles. The lowest BCUT2D eigenvalue weighted by Gasteiger charge is -2.27. The number of carbonyl (C=O) groups excluding carboxylic acids is 1. The van der Waals surface area contributed by atoms with Crippen LogP contribution in [0.15, 0.2) is 18.2 Å². The molecule has 4 atom stereocenters. The molecular formula is C15H19ClN2O. The number of nitrogens with one attached hydrogen (secondary N) is 1. The van der Waals surface area contributed by atoms with Crippen LogP contribution in [0.3, 0.4) is 0 Å². The van der Waals surface area contributed by atoms with Crippen LogP contribution in [0.2, 0.25) is 5.02 Å². The molecule has 2 aliphatic rings. The Morgan fingerprint density at radius 3 is 2.79 bits per heavy atom.